The third-order valence-electron chi connectivity index (χ3n) is 4.38. The van der Waals surface area contributed by atoms with Crippen molar-refractivity contribution in [2.45, 2.75) is 32.2 Å². The van der Waals surface area contributed by atoms with Crippen molar-refractivity contribution in [3.05, 3.63) is 53.3 Å². The molecule has 1 aromatic heterocycles. The second-order valence-electron chi connectivity index (χ2n) is 5.86. The maximum atomic E-state index is 12.6. The minimum atomic E-state index is 0.0327. The van der Waals surface area contributed by atoms with Crippen molar-refractivity contribution >= 4 is 5.78 Å². The Bertz CT molecular complexity index is 725. The van der Waals surface area contributed by atoms with Crippen LogP contribution >= 0.6 is 0 Å². The van der Waals surface area contributed by atoms with Gasteiger partial charge in [0.2, 0.25) is 12.3 Å². The third kappa shape index (κ3) is 3.36. The van der Waals surface area contributed by atoms with Crippen molar-refractivity contribution in [3.63, 3.8) is 0 Å². The Hall–Kier alpha value is -2.36. The average molecular weight is 312 g/mol. The summed E-state index contributed by atoms with van der Waals surface area (Å²) in [4.78, 5) is 12.6. The molecule has 0 aliphatic heterocycles. The van der Waals surface area contributed by atoms with Crippen molar-refractivity contribution in [2.75, 3.05) is 14.2 Å². The Labute approximate surface area is 136 Å². The fourth-order valence-corrected chi connectivity index (χ4v) is 3.10. The molecule has 1 aliphatic rings. The second kappa shape index (κ2) is 6.82. The Morgan fingerprint density at radius 3 is 2.61 bits per heavy atom. The van der Waals surface area contributed by atoms with Gasteiger partial charge in [0.1, 0.15) is 11.5 Å². The maximum absolute atomic E-state index is 12.6. The average Bonchev–Trinajstić information content (AvgIpc) is 2.60. The Kier molecular flexibility index (Phi) is 4.60. The molecule has 0 unspecified atom stereocenters. The van der Waals surface area contributed by atoms with Gasteiger partial charge in [-0.1, -0.05) is 0 Å². The first-order valence-electron chi connectivity index (χ1n) is 7.97. The smallest absolute Gasteiger partial charge is 0.231 e. The number of pyridine rings is 1. The number of aryl methyl sites for hydroxylation is 2. The fourth-order valence-electron chi connectivity index (χ4n) is 3.10. The Morgan fingerprint density at radius 1 is 1.09 bits per heavy atom. The molecule has 0 fully saturated rings. The van der Waals surface area contributed by atoms with E-state index in [0.717, 1.165) is 12.8 Å². The molecule has 1 heterocycles. The molecule has 0 bridgehead atoms. The van der Waals surface area contributed by atoms with Crippen LogP contribution in [0.2, 0.25) is 0 Å². The number of Topliss-reactive ketones (excluding diaryl/α,β-unsaturated/α-hetero) is 1. The quantitative estimate of drug-likeness (QED) is 0.629. The van der Waals surface area contributed by atoms with E-state index in [1.54, 1.807) is 32.4 Å². The normalized spacial score (nSPS) is 13.3. The van der Waals surface area contributed by atoms with Gasteiger partial charge in [0, 0.05) is 17.7 Å². The fraction of sp³-hybridized carbons (Fsp3) is 0.368. The standard InChI is InChI=1S/C19H22NO3/c1-22-16-7-8-17(19(11-16)23-2)18(21)13-20-10-9-14-5-3-4-6-15(14)12-20/h7-12H,3-6,13H2,1-2H3/q+1. The van der Waals surface area contributed by atoms with Crippen LogP contribution in [0.1, 0.15) is 34.3 Å². The van der Waals surface area contributed by atoms with Gasteiger partial charge in [0.05, 0.1) is 19.8 Å². The van der Waals surface area contributed by atoms with Gasteiger partial charge >= 0.3 is 0 Å². The maximum Gasteiger partial charge on any atom is 0.231 e. The Morgan fingerprint density at radius 2 is 1.87 bits per heavy atom. The lowest BCUT2D eigenvalue weighted by atomic mass is 9.93. The van der Waals surface area contributed by atoms with E-state index in [9.17, 15) is 4.79 Å². The van der Waals surface area contributed by atoms with Crippen LogP contribution < -0.4 is 14.0 Å². The van der Waals surface area contributed by atoms with Gasteiger partial charge in [0.15, 0.2) is 12.4 Å². The topological polar surface area (TPSA) is 39.4 Å². The van der Waals surface area contributed by atoms with Gasteiger partial charge in [-0.15, -0.1) is 0 Å². The second-order valence-corrected chi connectivity index (χ2v) is 5.86. The van der Waals surface area contributed by atoms with Crippen LogP contribution in [-0.4, -0.2) is 20.0 Å². The molecular formula is C19H22NO3+. The molecule has 0 spiro atoms. The summed E-state index contributed by atoms with van der Waals surface area (Å²) < 4.78 is 12.5. The SMILES string of the molecule is COc1ccc(C(=O)C[n+]2ccc3c(c2)CCCC3)c(OC)c1. The number of carbonyl (C=O) groups is 1. The van der Waals surface area contributed by atoms with Crippen LogP contribution in [-0.2, 0) is 19.4 Å². The monoisotopic (exact) mass is 312 g/mol. The summed E-state index contributed by atoms with van der Waals surface area (Å²) in [6, 6.07) is 7.43. The first kappa shape index (κ1) is 15.5. The third-order valence-corrected chi connectivity index (χ3v) is 4.38. The molecule has 1 aromatic carbocycles. The van der Waals surface area contributed by atoms with Crippen molar-refractivity contribution in [3.8, 4) is 11.5 Å². The number of fused-ring (bicyclic) bond motifs is 1. The number of hydrogen-bond donors (Lipinski definition) is 0. The first-order chi connectivity index (χ1) is 11.2. The van der Waals surface area contributed by atoms with Crippen molar-refractivity contribution < 1.29 is 18.8 Å². The molecule has 4 heteroatoms. The van der Waals surface area contributed by atoms with Gasteiger partial charge in [-0.25, -0.2) is 0 Å². The molecule has 0 radical (unpaired) electrons. The van der Waals surface area contributed by atoms with E-state index in [0.29, 0.717) is 23.6 Å². The Balaban J connectivity index is 1.81. The molecule has 2 aromatic rings. The van der Waals surface area contributed by atoms with Crippen molar-refractivity contribution in [2.24, 2.45) is 0 Å². The molecular weight excluding hydrogens is 290 g/mol. The molecule has 0 amide bonds. The summed E-state index contributed by atoms with van der Waals surface area (Å²) in [6.07, 6.45) is 8.86. The summed E-state index contributed by atoms with van der Waals surface area (Å²) in [5.41, 5.74) is 3.37. The predicted octanol–water partition coefficient (Wildman–Crippen LogP) is 2.75. The number of nitrogens with zero attached hydrogens (tertiary/aromatic N) is 1. The van der Waals surface area contributed by atoms with E-state index in [4.69, 9.17) is 9.47 Å². The van der Waals surface area contributed by atoms with Gasteiger partial charge in [-0.3, -0.25) is 4.79 Å². The molecule has 0 N–H and O–H groups in total. The highest BCUT2D eigenvalue weighted by Crippen LogP contribution is 2.25. The lowest BCUT2D eigenvalue weighted by Gasteiger charge is -2.13. The van der Waals surface area contributed by atoms with Gasteiger partial charge in [-0.2, -0.15) is 4.57 Å². The summed E-state index contributed by atoms with van der Waals surface area (Å²) in [7, 11) is 3.16. The van der Waals surface area contributed by atoms with Crippen molar-refractivity contribution in [1.29, 1.82) is 0 Å². The number of ketones is 1. The van der Waals surface area contributed by atoms with Gasteiger partial charge < -0.3 is 9.47 Å². The summed E-state index contributed by atoms with van der Waals surface area (Å²) >= 11 is 0. The molecule has 0 saturated heterocycles. The largest absolute Gasteiger partial charge is 0.497 e. The number of benzene rings is 1. The van der Waals surface area contributed by atoms with E-state index in [2.05, 4.69) is 12.3 Å². The highest BCUT2D eigenvalue weighted by atomic mass is 16.5. The molecule has 1 aliphatic carbocycles. The van der Waals surface area contributed by atoms with Crippen LogP contribution in [0, 0.1) is 0 Å². The van der Waals surface area contributed by atoms with E-state index in [1.807, 2.05) is 10.8 Å². The van der Waals surface area contributed by atoms with Crippen LogP contribution in [0.15, 0.2) is 36.7 Å². The van der Waals surface area contributed by atoms with E-state index >= 15 is 0 Å². The number of aromatic nitrogens is 1. The zero-order valence-electron chi connectivity index (χ0n) is 13.7. The van der Waals surface area contributed by atoms with E-state index in [1.165, 1.54) is 24.0 Å². The zero-order valence-corrected chi connectivity index (χ0v) is 13.7. The first-order valence-corrected chi connectivity index (χ1v) is 7.97. The number of carbonyl (C=O) groups excluding carboxylic acids is 1. The molecule has 120 valence electrons. The predicted molar refractivity (Wildman–Crippen MR) is 87.2 cm³/mol. The summed E-state index contributed by atoms with van der Waals surface area (Å²) in [6.45, 7) is 0.315. The van der Waals surface area contributed by atoms with Gasteiger partial charge in [0.25, 0.3) is 0 Å². The van der Waals surface area contributed by atoms with Crippen LogP contribution in [0.3, 0.4) is 0 Å². The summed E-state index contributed by atoms with van der Waals surface area (Å²) in [5, 5.41) is 0. The molecule has 3 rings (SSSR count). The minimum absolute atomic E-state index is 0.0327. The minimum Gasteiger partial charge on any atom is -0.497 e. The number of methoxy groups -OCH3 is 2. The van der Waals surface area contributed by atoms with Crippen LogP contribution in [0.5, 0.6) is 11.5 Å². The highest BCUT2D eigenvalue weighted by Gasteiger charge is 2.19. The summed E-state index contributed by atoms with van der Waals surface area (Å²) in [5.74, 6) is 1.26. The lowest BCUT2D eigenvalue weighted by molar-refractivity contribution is -0.683. The zero-order chi connectivity index (χ0) is 16.2. The molecule has 0 atom stereocenters. The van der Waals surface area contributed by atoms with E-state index in [-0.39, 0.29) is 5.78 Å². The van der Waals surface area contributed by atoms with Crippen molar-refractivity contribution in [1.82, 2.24) is 0 Å². The molecule has 0 saturated carbocycles. The molecule has 4 nitrogen and oxygen atoms in total. The lowest BCUT2D eigenvalue weighted by Crippen LogP contribution is -2.38. The van der Waals surface area contributed by atoms with Crippen LogP contribution in [0.25, 0.3) is 0 Å². The van der Waals surface area contributed by atoms with E-state index < -0.39 is 0 Å². The molecule has 23 heavy (non-hydrogen) atoms. The highest BCUT2D eigenvalue weighted by molar-refractivity contribution is 5.97. The van der Waals surface area contributed by atoms with Crippen LogP contribution in [0.4, 0.5) is 0 Å². The number of rotatable bonds is 5. The van der Waals surface area contributed by atoms with Gasteiger partial charge in [-0.05, 0) is 43.4 Å². The number of ether oxygens (including phenoxy) is 2. The number of hydrogen-bond acceptors (Lipinski definition) is 3.